The Labute approximate surface area is 161 Å². The number of rotatable bonds is 7. The molecule has 1 N–H and O–H groups in total. The van der Waals surface area contributed by atoms with Gasteiger partial charge in [0, 0.05) is 12.4 Å². The first-order chi connectivity index (χ1) is 13.5. The molecule has 0 saturated heterocycles. The third-order valence-corrected chi connectivity index (χ3v) is 3.98. The highest BCUT2D eigenvalue weighted by Crippen LogP contribution is 2.12. The van der Waals surface area contributed by atoms with Gasteiger partial charge in [-0.3, -0.25) is 9.59 Å². The average Bonchev–Trinajstić information content (AvgIpc) is 3.23. The number of esters is 1. The van der Waals surface area contributed by atoms with Crippen molar-refractivity contribution in [2.45, 2.75) is 6.54 Å². The van der Waals surface area contributed by atoms with Crippen LogP contribution in [0.2, 0.25) is 0 Å². The van der Waals surface area contributed by atoms with Crippen molar-refractivity contribution in [2.24, 2.45) is 0 Å². The quantitative estimate of drug-likeness (QED) is 0.626. The van der Waals surface area contributed by atoms with E-state index >= 15 is 0 Å². The lowest BCUT2D eigenvalue weighted by Gasteiger charge is -2.16. The molecule has 1 aromatic carbocycles. The van der Waals surface area contributed by atoms with Gasteiger partial charge in [0.05, 0.1) is 24.9 Å². The molecule has 2 amide bonds. The van der Waals surface area contributed by atoms with Crippen molar-refractivity contribution in [3.8, 4) is 0 Å². The molecule has 28 heavy (non-hydrogen) atoms. The van der Waals surface area contributed by atoms with Gasteiger partial charge in [0.15, 0.2) is 6.61 Å². The van der Waals surface area contributed by atoms with Crippen LogP contribution in [-0.2, 0) is 20.9 Å². The first kappa shape index (κ1) is 19.1. The van der Waals surface area contributed by atoms with Crippen LogP contribution >= 0.6 is 0 Å². The number of likely N-dealkylation sites (N-methyl/N-ethyl adjacent to an activating group) is 1. The number of nitrogens with zero attached hydrogens (tertiary/aromatic N) is 2. The molecule has 0 unspecified atom stereocenters. The van der Waals surface area contributed by atoms with Crippen LogP contribution in [0, 0.1) is 0 Å². The van der Waals surface area contributed by atoms with Gasteiger partial charge in [0.2, 0.25) is 5.91 Å². The van der Waals surface area contributed by atoms with E-state index in [0.717, 1.165) is 5.39 Å². The lowest BCUT2D eigenvalue weighted by atomic mass is 10.2. The Balaban J connectivity index is 1.46. The summed E-state index contributed by atoms with van der Waals surface area (Å²) in [5.41, 5.74) is 0.777. The van der Waals surface area contributed by atoms with E-state index in [-0.39, 0.29) is 24.7 Å². The summed E-state index contributed by atoms with van der Waals surface area (Å²) in [6.07, 6.45) is 1.51. The molecule has 2 aromatic heterocycles. The molecule has 0 bridgehead atoms. The third kappa shape index (κ3) is 4.94. The van der Waals surface area contributed by atoms with E-state index in [1.165, 1.54) is 18.2 Å². The van der Waals surface area contributed by atoms with Crippen LogP contribution in [0.1, 0.15) is 16.2 Å². The zero-order valence-electron chi connectivity index (χ0n) is 15.3. The highest BCUT2D eigenvalue weighted by Gasteiger charge is 2.17. The number of fused-ring (bicyclic) bond motifs is 1. The topological polar surface area (TPSA) is 102 Å². The molecule has 0 aliphatic heterocycles. The van der Waals surface area contributed by atoms with Crippen molar-refractivity contribution < 1.29 is 23.5 Å². The second kappa shape index (κ2) is 8.81. The van der Waals surface area contributed by atoms with Crippen LogP contribution < -0.4 is 5.32 Å². The number of ether oxygens (including phenoxy) is 1. The molecule has 0 radical (unpaired) electrons. The Morgan fingerprint density at radius 2 is 1.93 bits per heavy atom. The van der Waals surface area contributed by atoms with Crippen LogP contribution in [-0.4, -0.2) is 47.9 Å². The minimum Gasteiger partial charge on any atom is -0.467 e. The van der Waals surface area contributed by atoms with Crippen molar-refractivity contribution >= 4 is 28.7 Å². The van der Waals surface area contributed by atoms with Crippen LogP contribution in [0.15, 0.2) is 59.2 Å². The molecular formula is C20H19N3O5. The number of nitrogens with one attached hydrogen (secondary N) is 1. The smallest absolute Gasteiger partial charge is 0.357 e. The van der Waals surface area contributed by atoms with E-state index in [9.17, 15) is 14.4 Å². The zero-order chi connectivity index (χ0) is 19.9. The number of amides is 2. The van der Waals surface area contributed by atoms with Crippen molar-refractivity contribution in [2.75, 3.05) is 20.2 Å². The number of furan rings is 1. The predicted molar refractivity (Wildman–Crippen MR) is 100 cm³/mol. The summed E-state index contributed by atoms with van der Waals surface area (Å²) in [4.78, 5) is 41.5. The highest BCUT2D eigenvalue weighted by molar-refractivity contribution is 5.93. The fourth-order valence-corrected chi connectivity index (χ4v) is 2.45. The van der Waals surface area contributed by atoms with Gasteiger partial charge >= 0.3 is 5.97 Å². The van der Waals surface area contributed by atoms with E-state index in [1.807, 2.05) is 18.2 Å². The Hall–Kier alpha value is -3.68. The molecule has 144 valence electrons. The number of carbonyl (C=O) groups excluding carboxylic acids is 3. The van der Waals surface area contributed by atoms with Gasteiger partial charge in [-0.1, -0.05) is 24.3 Å². The summed E-state index contributed by atoms with van der Waals surface area (Å²) < 4.78 is 10.1. The molecule has 2 heterocycles. The maximum absolute atomic E-state index is 12.1. The fraction of sp³-hybridized carbons (Fsp3) is 0.200. The summed E-state index contributed by atoms with van der Waals surface area (Å²) in [7, 11) is 1.46. The minimum absolute atomic E-state index is 0.116. The number of para-hydroxylation sites is 1. The minimum atomic E-state index is -0.699. The van der Waals surface area contributed by atoms with Gasteiger partial charge in [-0.15, -0.1) is 0 Å². The number of benzene rings is 1. The van der Waals surface area contributed by atoms with Gasteiger partial charge in [-0.25, -0.2) is 9.78 Å². The maximum atomic E-state index is 12.1. The maximum Gasteiger partial charge on any atom is 0.357 e. The van der Waals surface area contributed by atoms with Crippen molar-refractivity contribution in [1.29, 1.82) is 0 Å². The Morgan fingerprint density at radius 3 is 2.71 bits per heavy atom. The molecule has 3 aromatic rings. The number of aromatic nitrogens is 1. The van der Waals surface area contributed by atoms with Gasteiger partial charge in [-0.05, 0) is 24.3 Å². The summed E-state index contributed by atoms with van der Waals surface area (Å²) in [6.45, 7) is -0.406. The second-order valence-electron chi connectivity index (χ2n) is 6.07. The zero-order valence-corrected chi connectivity index (χ0v) is 15.3. The van der Waals surface area contributed by atoms with Crippen LogP contribution in [0.4, 0.5) is 0 Å². The normalized spacial score (nSPS) is 10.5. The highest BCUT2D eigenvalue weighted by atomic mass is 16.5. The Kier molecular flexibility index (Phi) is 6.01. The largest absolute Gasteiger partial charge is 0.467 e. The van der Waals surface area contributed by atoms with Crippen LogP contribution in [0.5, 0.6) is 0 Å². The van der Waals surface area contributed by atoms with E-state index in [1.54, 1.807) is 30.3 Å². The lowest BCUT2D eigenvalue weighted by molar-refractivity contribution is -0.137. The van der Waals surface area contributed by atoms with Crippen LogP contribution in [0.3, 0.4) is 0 Å². The SMILES string of the molecule is CN(CC(=O)NCc1ccco1)C(=O)COC(=O)c1ccc2ccccc2n1. The molecule has 0 atom stereocenters. The van der Waals surface area contributed by atoms with Gasteiger partial charge in [-0.2, -0.15) is 0 Å². The first-order valence-corrected chi connectivity index (χ1v) is 8.59. The average molecular weight is 381 g/mol. The van der Waals surface area contributed by atoms with Crippen molar-refractivity contribution in [3.05, 3.63) is 66.2 Å². The summed E-state index contributed by atoms with van der Waals surface area (Å²) in [5.74, 6) is -0.939. The molecule has 0 spiro atoms. The Morgan fingerprint density at radius 1 is 1.11 bits per heavy atom. The summed E-state index contributed by atoms with van der Waals surface area (Å²) in [5, 5.41) is 3.53. The molecule has 0 fully saturated rings. The second-order valence-corrected chi connectivity index (χ2v) is 6.07. The predicted octanol–water partition coefficient (Wildman–Crippen LogP) is 1.76. The molecule has 0 saturated carbocycles. The van der Waals surface area contributed by atoms with Crippen molar-refractivity contribution in [1.82, 2.24) is 15.2 Å². The number of hydrogen-bond donors (Lipinski definition) is 1. The van der Waals surface area contributed by atoms with E-state index in [0.29, 0.717) is 11.3 Å². The van der Waals surface area contributed by atoms with Crippen molar-refractivity contribution in [3.63, 3.8) is 0 Å². The molecule has 8 nitrogen and oxygen atoms in total. The molecule has 3 rings (SSSR count). The molecule has 0 aliphatic carbocycles. The number of hydrogen-bond acceptors (Lipinski definition) is 6. The van der Waals surface area contributed by atoms with Gasteiger partial charge in [0.1, 0.15) is 11.5 Å². The van der Waals surface area contributed by atoms with E-state index < -0.39 is 18.5 Å². The summed E-state index contributed by atoms with van der Waals surface area (Å²) in [6, 6.07) is 14.1. The monoisotopic (exact) mass is 381 g/mol. The van der Waals surface area contributed by atoms with E-state index in [2.05, 4.69) is 10.3 Å². The first-order valence-electron chi connectivity index (χ1n) is 8.59. The van der Waals surface area contributed by atoms with E-state index in [4.69, 9.17) is 9.15 Å². The Bertz CT molecular complexity index is 984. The molecule has 0 aliphatic rings. The number of pyridine rings is 1. The standard InChI is InChI=1S/C20H19N3O5/c1-23(12-18(24)21-11-15-6-4-10-27-15)19(25)13-28-20(26)17-9-8-14-5-2-3-7-16(14)22-17/h2-10H,11-13H2,1H3,(H,21,24). The van der Waals surface area contributed by atoms with Gasteiger partial charge < -0.3 is 19.4 Å². The molecule has 8 heteroatoms. The lowest BCUT2D eigenvalue weighted by Crippen LogP contribution is -2.39. The number of carbonyl (C=O) groups is 3. The third-order valence-electron chi connectivity index (χ3n) is 3.98. The summed E-state index contributed by atoms with van der Waals surface area (Å²) >= 11 is 0. The van der Waals surface area contributed by atoms with Gasteiger partial charge in [0.25, 0.3) is 5.91 Å². The van der Waals surface area contributed by atoms with Crippen LogP contribution in [0.25, 0.3) is 10.9 Å². The molecular weight excluding hydrogens is 362 g/mol. The fourth-order valence-electron chi connectivity index (χ4n) is 2.45.